The van der Waals surface area contributed by atoms with E-state index in [1.54, 1.807) is 0 Å². The maximum Gasteiger partial charge on any atom is 0.222 e. The Labute approximate surface area is 139 Å². The molecule has 0 unspecified atom stereocenters. The van der Waals surface area contributed by atoms with E-state index in [-0.39, 0.29) is 0 Å². The van der Waals surface area contributed by atoms with Crippen molar-refractivity contribution in [1.29, 1.82) is 0 Å². The lowest BCUT2D eigenvalue weighted by molar-refractivity contribution is -0.131. The zero-order valence-corrected chi connectivity index (χ0v) is 14.8. The number of aromatic nitrogens is 1. The fourth-order valence-corrected chi connectivity index (χ4v) is 4.02. The summed E-state index contributed by atoms with van der Waals surface area (Å²) in [7, 11) is 0. The molecule has 0 bridgehead atoms. The monoisotopic (exact) mass is 319 g/mol. The van der Waals surface area contributed by atoms with E-state index in [4.69, 9.17) is 4.52 Å². The number of hydrogen-bond donors (Lipinski definition) is 0. The van der Waals surface area contributed by atoms with Crippen LogP contribution in [0.25, 0.3) is 0 Å². The molecule has 3 heterocycles. The van der Waals surface area contributed by atoms with Gasteiger partial charge in [0.15, 0.2) is 0 Å². The molecule has 0 aliphatic carbocycles. The number of likely N-dealkylation sites (tertiary alicyclic amines) is 2. The second-order valence-corrected chi connectivity index (χ2v) is 7.74. The van der Waals surface area contributed by atoms with Crippen molar-refractivity contribution in [2.75, 3.05) is 26.2 Å². The first-order valence-electron chi connectivity index (χ1n) is 8.86. The number of fused-ring (bicyclic) bond motifs is 1. The molecule has 0 saturated carbocycles. The molecule has 0 aromatic carbocycles. The van der Waals surface area contributed by atoms with Crippen molar-refractivity contribution in [2.24, 2.45) is 17.8 Å². The quantitative estimate of drug-likeness (QED) is 0.856. The van der Waals surface area contributed by atoms with Gasteiger partial charge in [0.25, 0.3) is 0 Å². The topological polar surface area (TPSA) is 49.6 Å². The van der Waals surface area contributed by atoms with E-state index >= 15 is 0 Å². The first-order chi connectivity index (χ1) is 10.9. The molecular weight excluding hydrogens is 290 g/mol. The Morgan fingerprint density at radius 1 is 1.26 bits per heavy atom. The van der Waals surface area contributed by atoms with E-state index in [1.165, 1.54) is 12.0 Å². The van der Waals surface area contributed by atoms with Crippen LogP contribution in [0.5, 0.6) is 0 Å². The van der Waals surface area contributed by atoms with Gasteiger partial charge in [-0.1, -0.05) is 19.0 Å². The molecule has 5 nitrogen and oxygen atoms in total. The number of amides is 1. The maximum absolute atomic E-state index is 12.3. The molecule has 2 aliphatic rings. The number of rotatable bonds is 4. The van der Waals surface area contributed by atoms with Crippen molar-refractivity contribution < 1.29 is 9.32 Å². The van der Waals surface area contributed by atoms with Gasteiger partial charge in [-0.25, -0.2) is 0 Å². The SMILES string of the molecule is Cc1noc(C)c1CN1CC[C@H]2CN(C(=O)CC(C)C)C[C@@H]2C1. The third-order valence-electron chi connectivity index (χ3n) is 5.38. The largest absolute Gasteiger partial charge is 0.361 e. The lowest BCUT2D eigenvalue weighted by Gasteiger charge is -2.34. The fraction of sp³-hybridized carbons (Fsp3) is 0.778. The van der Waals surface area contributed by atoms with Gasteiger partial charge in [-0.15, -0.1) is 0 Å². The zero-order chi connectivity index (χ0) is 16.6. The van der Waals surface area contributed by atoms with E-state index < -0.39 is 0 Å². The standard InChI is InChI=1S/C18H29N3O2/c1-12(2)7-18(22)21-9-15-5-6-20(8-16(15)10-21)11-17-13(3)19-23-14(17)4/h12,15-16H,5-11H2,1-4H3/t15-,16-/m0/s1. The highest BCUT2D eigenvalue weighted by Crippen LogP contribution is 2.32. The summed E-state index contributed by atoms with van der Waals surface area (Å²) in [5.74, 6) is 3.03. The van der Waals surface area contributed by atoms with Crippen molar-refractivity contribution in [3.05, 3.63) is 17.0 Å². The van der Waals surface area contributed by atoms with Gasteiger partial charge in [0.2, 0.25) is 5.91 Å². The first kappa shape index (κ1) is 16.5. The summed E-state index contributed by atoms with van der Waals surface area (Å²) in [6, 6.07) is 0. The summed E-state index contributed by atoms with van der Waals surface area (Å²) in [6.45, 7) is 13.3. The molecule has 0 radical (unpaired) electrons. The summed E-state index contributed by atoms with van der Waals surface area (Å²) in [5.41, 5.74) is 2.24. The molecule has 5 heteroatoms. The van der Waals surface area contributed by atoms with Gasteiger partial charge in [0.05, 0.1) is 5.69 Å². The molecule has 1 aromatic heterocycles. The van der Waals surface area contributed by atoms with Gasteiger partial charge in [-0.3, -0.25) is 9.69 Å². The Hall–Kier alpha value is -1.36. The van der Waals surface area contributed by atoms with E-state index in [1.807, 2.05) is 13.8 Å². The predicted octanol–water partition coefficient (Wildman–Crippen LogP) is 2.62. The summed E-state index contributed by atoms with van der Waals surface area (Å²) in [6.07, 6.45) is 1.88. The normalized spacial score (nSPS) is 25.2. The molecule has 0 N–H and O–H groups in total. The minimum atomic E-state index is 0.340. The van der Waals surface area contributed by atoms with Gasteiger partial charge < -0.3 is 9.42 Å². The van der Waals surface area contributed by atoms with Crippen molar-refractivity contribution in [3.8, 4) is 0 Å². The molecule has 1 aromatic rings. The first-order valence-corrected chi connectivity index (χ1v) is 8.86. The van der Waals surface area contributed by atoms with E-state index in [9.17, 15) is 4.79 Å². The smallest absolute Gasteiger partial charge is 0.222 e. The summed E-state index contributed by atoms with van der Waals surface area (Å²) in [5, 5.41) is 4.06. The molecule has 2 atom stereocenters. The highest BCUT2D eigenvalue weighted by Gasteiger charge is 2.38. The molecule has 3 rings (SSSR count). The van der Waals surface area contributed by atoms with Crippen molar-refractivity contribution in [1.82, 2.24) is 15.0 Å². The van der Waals surface area contributed by atoms with E-state index in [2.05, 4.69) is 28.8 Å². The van der Waals surface area contributed by atoms with Gasteiger partial charge in [0.1, 0.15) is 5.76 Å². The van der Waals surface area contributed by atoms with E-state index in [0.29, 0.717) is 30.1 Å². The van der Waals surface area contributed by atoms with Gasteiger partial charge >= 0.3 is 0 Å². The number of carbonyl (C=O) groups excluding carboxylic acids is 1. The third-order valence-corrected chi connectivity index (χ3v) is 5.38. The number of carbonyl (C=O) groups is 1. The second kappa shape index (κ2) is 6.63. The summed E-state index contributed by atoms with van der Waals surface area (Å²) >= 11 is 0. The maximum atomic E-state index is 12.3. The fourth-order valence-electron chi connectivity index (χ4n) is 4.02. The Morgan fingerprint density at radius 2 is 2.00 bits per heavy atom. The van der Waals surface area contributed by atoms with Crippen LogP contribution in [0.15, 0.2) is 4.52 Å². The van der Waals surface area contributed by atoms with Gasteiger partial charge in [-0.05, 0) is 44.6 Å². The van der Waals surface area contributed by atoms with Crippen LogP contribution in [-0.2, 0) is 11.3 Å². The van der Waals surface area contributed by atoms with Crippen LogP contribution >= 0.6 is 0 Å². The third kappa shape index (κ3) is 3.60. The van der Waals surface area contributed by atoms with Gasteiger partial charge in [0, 0.05) is 38.2 Å². The van der Waals surface area contributed by atoms with Gasteiger partial charge in [-0.2, -0.15) is 0 Å². The number of nitrogens with zero attached hydrogens (tertiary/aromatic N) is 3. The lowest BCUT2D eigenvalue weighted by Crippen LogP contribution is -2.39. The minimum Gasteiger partial charge on any atom is -0.361 e. The molecule has 1 amide bonds. The average Bonchev–Trinajstić information content (AvgIpc) is 3.04. The summed E-state index contributed by atoms with van der Waals surface area (Å²) < 4.78 is 5.28. The Balaban J connectivity index is 1.58. The highest BCUT2D eigenvalue weighted by atomic mass is 16.5. The van der Waals surface area contributed by atoms with E-state index in [0.717, 1.165) is 44.2 Å². The van der Waals surface area contributed by atoms with Crippen molar-refractivity contribution in [2.45, 2.75) is 47.1 Å². The van der Waals surface area contributed by atoms with Crippen LogP contribution in [0.2, 0.25) is 0 Å². The molecule has 2 aliphatic heterocycles. The van der Waals surface area contributed by atoms with Crippen molar-refractivity contribution >= 4 is 5.91 Å². The summed E-state index contributed by atoms with van der Waals surface area (Å²) in [4.78, 5) is 16.9. The Kier molecular flexibility index (Phi) is 4.76. The van der Waals surface area contributed by atoms with Crippen LogP contribution in [-0.4, -0.2) is 47.0 Å². The Bertz CT molecular complexity index is 547. The number of hydrogen-bond acceptors (Lipinski definition) is 4. The number of aryl methyl sites for hydroxylation is 2. The van der Waals surface area contributed by atoms with Crippen LogP contribution in [0, 0.1) is 31.6 Å². The molecule has 2 saturated heterocycles. The van der Waals surface area contributed by atoms with Crippen LogP contribution in [0.1, 0.15) is 43.7 Å². The Morgan fingerprint density at radius 3 is 2.65 bits per heavy atom. The second-order valence-electron chi connectivity index (χ2n) is 7.74. The molecule has 2 fully saturated rings. The van der Waals surface area contributed by atoms with Crippen molar-refractivity contribution in [3.63, 3.8) is 0 Å². The molecule has 23 heavy (non-hydrogen) atoms. The molecular formula is C18H29N3O2. The molecule has 0 spiro atoms. The average molecular weight is 319 g/mol. The highest BCUT2D eigenvalue weighted by molar-refractivity contribution is 5.76. The number of piperidine rings is 1. The van der Waals surface area contributed by atoms with Crippen LogP contribution < -0.4 is 0 Å². The minimum absolute atomic E-state index is 0.340. The zero-order valence-electron chi connectivity index (χ0n) is 14.8. The predicted molar refractivity (Wildman–Crippen MR) is 88.9 cm³/mol. The van der Waals surface area contributed by atoms with Crippen LogP contribution in [0.4, 0.5) is 0 Å². The van der Waals surface area contributed by atoms with Crippen LogP contribution in [0.3, 0.4) is 0 Å². The lowest BCUT2D eigenvalue weighted by atomic mass is 9.88. The molecule has 128 valence electrons.